The maximum atomic E-state index is 14.4. The second-order valence-corrected chi connectivity index (χ2v) is 10.9. The largest absolute Gasteiger partial charge is 0.465 e. The van der Waals surface area contributed by atoms with Crippen LogP contribution in [0, 0.1) is 11.8 Å². The molecule has 5 atom stereocenters. The number of carbonyl (C=O) groups excluding carboxylic acids is 3. The van der Waals surface area contributed by atoms with Crippen LogP contribution in [0.1, 0.15) is 45.4 Å². The standard InChI is InChI=1S/C29H35ClN2O6/c1-2-28-14-7-3-10-19-37-27(36)23(28)22-25(34)32(16-8-4-9-18-33)24-26(35)31(17-11-15-29(22,24)38-28)21-13-6-5-12-20(21)30/h5-7,11-15,22-24,33H,2-4,8-10,16-19H2,1H3/b14-7-/t22-,23-,24?,28+,29-/m0/s1. The summed E-state index contributed by atoms with van der Waals surface area (Å²) in [5.41, 5.74) is -1.83. The quantitative estimate of drug-likeness (QED) is 0.321. The minimum atomic E-state index is -1.33. The third-order valence-electron chi connectivity index (χ3n) is 8.33. The molecule has 2 amide bonds. The lowest BCUT2D eigenvalue weighted by Gasteiger charge is -2.38. The predicted octanol–water partition coefficient (Wildman–Crippen LogP) is 3.66. The van der Waals surface area contributed by atoms with E-state index in [0.717, 1.165) is 6.42 Å². The highest BCUT2D eigenvalue weighted by molar-refractivity contribution is 6.34. The van der Waals surface area contributed by atoms with Gasteiger partial charge in [-0.25, -0.2) is 0 Å². The number of fused-ring (bicyclic) bond motifs is 2. The van der Waals surface area contributed by atoms with Crippen molar-refractivity contribution in [1.29, 1.82) is 0 Å². The average Bonchev–Trinajstić information content (AvgIpc) is 3.28. The number of rotatable bonds is 7. The van der Waals surface area contributed by atoms with Crippen LogP contribution in [0.4, 0.5) is 5.69 Å². The van der Waals surface area contributed by atoms with E-state index in [4.69, 9.17) is 21.1 Å². The molecule has 0 bridgehead atoms. The fraction of sp³-hybridized carbons (Fsp3) is 0.552. The normalized spacial score (nSPS) is 33.6. The van der Waals surface area contributed by atoms with Crippen molar-refractivity contribution < 1.29 is 29.0 Å². The Labute approximate surface area is 228 Å². The van der Waals surface area contributed by atoms with E-state index >= 15 is 0 Å². The Hall–Kier alpha value is -2.68. The highest BCUT2D eigenvalue weighted by atomic mass is 35.5. The summed E-state index contributed by atoms with van der Waals surface area (Å²) < 4.78 is 12.6. The molecule has 1 spiro atoms. The van der Waals surface area contributed by atoms with E-state index in [2.05, 4.69) is 0 Å². The number of benzene rings is 1. The molecule has 1 aromatic carbocycles. The van der Waals surface area contributed by atoms with E-state index in [1.54, 1.807) is 28.0 Å². The van der Waals surface area contributed by atoms with Crippen molar-refractivity contribution in [3.8, 4) is 0 Å². The molecule has 0 aromatic heterocycles. The van der Waals surface area contributed by atoms with Crippen molar-refractivity contribution in [2.24, 2.45) is 11.8 Å². The molecular formula is C29H35ClN2O6. The first-order valence-electron chi connectivity index (χ1n) is 13.6. The molecule has 2 saturated heterocycles. The van der Waals surface area contributed by atoms with Gasteiger partial charge in [-0.2, -0.15) is 0 Å². The molecule has 4 heterocycles. The van der Waals surface area contributed by atoms with Gasteiger partial charge in [0.1, 0.15) is 23.2 Å². The summed E-state index contributed by atoms with van der Waals surface area (Å²) in [6.45, 7) is 2.85. The lowest BCUT2D eigenvalue weighted by Crippen LogP contribution is -2.56. The number of likely N-dealkylation sites (tertiary alicyclic amines) is 1. The van der Waals surface area contributed by atoms with Gasteiger partial charge >= 0.3 is 5.97 Å². The number of cyclic esters (lactones) is 1. The molecule has 0 aliphatic carbocycles. The van der Waals surface area contributed by atoms with Gasteiger partial charge in [0.2, 0.25) is 5.91 Å². The Morgan fingerprint density at radius 2 is 1.87 bits per heavy atom. The Balaban J connectivity index is 1.63. The van der Waals surface area contributed by atoms with Crippen molar-refractivity contribution in [3.63, 3.8) is 0 Å². The predicted molar refractivity (Wildman–Crippen MR) is 143 cm³/mol. The Morgan fingerprint density at radius 1 is 1.05 bits per heavy atom. The molecule has 4 aliphatic heterocycles. The maximum Gasteiger partial charge on any atom is 0.313 e. The maximum absolute atomic E-state index is 14.4. The Morgan fingerprint density at radius 3 is 2.63 bits per heavy atom. The number of unbranched alkanes of at least 4 members (excludes halogenated alkanes) is 2. The number of aliphatic hydroxyl groups excluding tert-OH is 1. The van der Waals surface area contributed by atoms with Crippen LogP contribution in [0.2, 0.25) is 5.02 Å². The summed E-state index contributed by atoms with van der Waals surface area (Å²) in [7, 11) is 0. The SMILES string of the molecule is CC[C@@]12/C=C\CCCOC(=O)[C@@H]1[C@H]1C(=O)N(CCCCCO)C3C(=O)N(c4ccccc4Cl)CC=C[C@@]31O2. The number of para-hydroxylation sites is 1. The van der Waals surface area contributed by atoms with Crippen molar-refractivity contribution in [2.45, 2.75) is 62.7 Å². The van der Waals surface area contributed by atoms with E-state index < -0.39 is 35.0 Å². The van der Waals surface area contributed by atoms with Crippen LogP contribution in [-0.2, 0) is 23.9 Å². The molecule has 5 rings (SSSR count). The van der Waals surface area contributed by atoms with Gasteiger partial charge in [0.05, 0.1) is 23.2 Å². The minimum absolute atomic E-state index is 0.0638. The zero-order valence-electron chi connectivity index (χ0n) is 21.7. The van der Waals surface area contributed by atoms with E-state index in [1.165, 1.54) is 0 Å². The number of hydrogen-bond acceptors (Lipinski definition) is 6. The number of anilines is 1. The van der Waals surface area contributed by atoms with Gasteiger partial charge < -0.3 is 24.4 Å². The number of amides is 2. The first kappa shape index (κ1) is 26.9. The molecule has 2 fully saturated rings. The van der Waals surface area contributed by atoms with Gasteiger partial charge in [-0.1, -0.05) is 55.0 Å². The van der Waals surface area contributed by atoms with Gasteiger partial charge in [-0.05, 0) is 50.7 Å². The van der Waals surface area contributed by atoms with Gasteiger partial charge in [-0.15, -0.1) is 0 Å². The van der Waals surface area contributed by atoms with E-state index in [0.29, 0.717) is 49.4 Å². The lowest BCUT2D eigenvalue weighted by atomic mass is 9.73. The third kappa shape index (κ3) is 4.27. The molecule has 4 aliphatic rings. The fourth-order valence-corrected chi connectivity index (χ4v) is 6.81. The highest BCUT2D eigenvalue weighted by Crippen LogP contribution is 2.58. The molecule has 38 heavy (non-hydrogen) atoms. The number of halogens is 1. The molecule has 8 nitrogen and oxygen atoms in total. The number of nitrogens with zero attached hydrogens (tertiary/aromatic N) is 2. The van der Waals surface area contributed by atoms with Crippen LogP contribution in [0.5, 0.6) is 0 Å². The van der Waals surface area contributed by atoms with E-state index in [-0.39, 0.29) is 31.6 Å². The summed E-state index contributed by atoms with van der Waals surface area (Å²) >= 11 is 6.50. The Kier molecular flexibility index (Phi) is 7.67. The number of aliphatic hydroxyl groups is 1. The molecule has 1 unspecified atom stereocenters. The van der Waals surface area contributed by atoms with Crippen molar-refractivity contribution >= 4 is 35.1 Å². The zero-order chi connectivity index (χ0) is 26.9. The number of carbonyl (C=O) groups is 3. The van der Waals surface area contributed by atoms with Crippen LogP contribution in [0.3, 0.4) is 0 Å². The van der Waals surface area contributed by atoms with Gasteiger partial charge in [0.25, 0.3) is 5.91 Å². The summed E-state index contributed by atoms with van der Waals surface area (Å²) in [6, 6.07) is 6.16. The zero-order valence-corrected chi connectivity index (χ0v) is 22.4. The van der Waals surface area contributed by atoms with Crippen molar-refractivity contribution in [3.05, 3.63) is 53.6 Å². The smallest absolute Gasteiger partial charge is 0.313 e. The van der Waals surface area contributed by atoms with Crippen LogP contribution in [0.25, 0.3) is 0 Å². The molecule has 0 saturated carbocycles. The van der Waals surface area contributed by atoms with Crippen molar-refractivity contribution in [2.75, 3.05) is 31.2 Å². The van der Waals surface area contributed by atoms with Gasteiger partial charge in [0.15, 0.2) is 0 Å². The van der Waals surface area contributed by atoms with Crippen molar-refractivity contribution in [1.82, 2.24) is 4.90 Å². The minimum Gasteiger partial charge on any atom is -0.465 e. The molecule has 204 valence electrons. The van der Waals surface area contributed by atoms with Gasteiger partial charge in [0, 0.05) is 19.7 Å². The Bertz CT molecular complexity index is 1150. The van der Waals surface area contributed by atoms with E-state index in [9.17, 15) is 19.5 Å². The summed E-state index contributed by atoms with van der Waals surface area (Å²) in [5, 5.41) is 9.67. The molecule has 1 aromatic rings. The van der Waals surface area contributed by atoms with Crippen LogP contribution in [-0.4, -0.2) is 71.3 Å². The molecular weight excluding hydrogens is 508 g/mol. The summed E-state index contributed by atoms with van der Waals surface area (Å²) in [6.07, 6.45) is 11.4. The van der Waals surface area contributed by atoms with Gasteiger partial charge in [-0.3, -0.25) is 14.4 Å². The average molecular weight is 543 g/mol. The van der Waals surface area contributed by atoms with E-state index in [1.807, 2.05) is 37.3 Å². The number of hydrogen-bond donors (Lipinski definition) is 1. The first-order valence-corrected chi connectivity index (χ1v) is 14.0. The second-order valence-electron chi connectivity index (χ2n) is 10.5. The molecule has 1 N–H and O–H groups in total. The number of esters is 1. The highest BCUT2D eigenvalue weighted by Gasteiger charge is 2.75. The molecule has 0 radical (unpaired) electrons. The number of ether oxygens (including phenoxy) is 2. The second kappa shape index (κ2) is 10.8. The molecule has 9 heteroatoms. The third-order valence-corrected chi connectivity index (χ3v) is 8.65. The lowest BCUT2D eigenvalue weighted by molar-refractivity contribution is -0.159. The topological polar surface area (TPSA) is 96.4 Å². The van der Waals surface area contributed by atoms with Crippen LogP contribution >= 0.6 is 11.6 Å². The fourth-order valence-electron chi connectivity index (χ4n) is 6.57. The summed E-state index contributed by atoms with van der Waals surface area (Å²) in [5.74, 6) is -2.79. The van der Waals surface area contributed by atoms with Crippen LogP contribution < -0.4 is 4.90 Å². The number of allylic oxidation sites excluding steroid dienone is 1. The van der Waals surface area contributed by atoms with Crippen LogP contribution in [0.15, 0.2) is 48.6 Å². The first-order chi connectivity index (χ1) is 18.4. The monoisotopic (exact) mass is 542 g/mol. The summed E-state index contributed by atoms with van der Waals surface area (Å²) in [4.78, 5) is 45.4.